The second-order valence-corrected chi connectivity index (χ2v) is 4.32. The third-order valence-corrected chi connectivity index (χ3v) is 2.99. The molecule has 0 fully saturated rings. The molecule has 21 heavy (non-hydrogen) atoms. The number of methoxy groups -OCH3 is 1. The molecule has 1 aromatic heterocycles. The predicted molar refractivity (Wildman–Crippen MR) is 69.3 cm³/mol. The van der Waals surface area contributed by atoms with Gasteiger partial charge in [0.1, 0.15) is 5.56 Å². The van der Waals surface area contributed by atoms with Crippen LogP contribution in [0.4, 0.5) is 13.2 Å². The van der Waals surface area contributed by atoms with E-state index in [0.29, 0.717) is 23.4 Å². The number of carbonyl (C=O) groups is 1. The summed E-state index contributed by atoms with van der Waals surface area (Å²) in [5.74, 6) is -0.523. The second-order valence-electron chi connectivity index (χ2n) is 4.32. The van der Waals surface area contributed by atoms with Crippen molar-refractivity contribution < 1.29 is 22.7 Å². The van der Waals surface area contributed by atoms with E-state index in [2.05, 4.69) is 9.84 Å². The van der Waals surface area contributed by atoms with E-state index >= 15 is 0 Å². The summed E-state index contributed by atoms with van der Waals surface area (Å²) >= 11 is 0. The van der Waals surface area contributed by atoms with Crippen molar-refractivity contribution in [2.24, 2.45) is 0 Å². The van der Waals surface area contributed by atoms with Gasteiger partial charge in [0.15, 0.2) is 0 Å². The molecule has 7 heteroatoms. The van der Waals surface area contributed by atoms with Crippen LogP contribution in [-0.2, 0) is 17.3 Å². The van der Waals surface area contributed by atoms with E-state index in [4.69, 9.17) is 0 Å². The lowest BCUT2D eigenvalue weighted by atomic mass is 10.2. The van der Waals surface area contributed by atoms with Crippen molar-refractivity contribution in [3.8, 4) is 5.69 Å². The molecule has 4 nitrogen and oxygen atoms in total. The number of benzene rings is 1. The van der Waals surface area contributed by atoms with Gasteiger partial charge in [0.05, 0.1) is 24.1 Å². The van der Waals surface area contributed by atoms with Crippen LogP contribution in [0.5, 0.6) is 0 Å². The molecular weight excluding hydrogens is 285 g/mol. The number of hydrogen-bond donors (Lipinski definition) is 0. The number of esters is 1. The average Bonchev–Trinajstić information content (AvgIpc) is 2.90. The SMILES string of the molecule is CCc1nn(-c2ccc(C(F)(F)F)cc2)cc1C(=O)OC. The van der Waals surface area contributed by atoms with Crippen molar-refractivity contribution in [2.75, 3.05) is 7.11 Å². The van der Waals surface area contributed by atoms with Gasteiger partial charge in [0, 0.05) is 6.20 Å². The highest BCUT2D eigenvalue weighted by atomic mass is 19.4. The highest BCUT2D eigenvalue weighted by Crippen LogP contribution is 2.29. The zero-order valence-corrected chi connectivity index (χ0v) is 11.4. The molecule has 0 aliphatic heterocycles. The Labute approximate surface area is 119 Å². The van der Waals surface area contributed by atoms with Gasteiger partial charge in [-0.2, -0.15) is 18.3 Å². The molecular formula is C14H13F3N2O2. The van der Waals surface area contributed by atoms with E-state index in [0.717, 1.165) is 12.1 Å². The van der Waals surface area contributed by atoms with Crippen LogP contribution in [0.25, 0.3) is 5.69 Å². The lowest BCUT2D eigenvalue weighted by Crippen LogP contribution is -2.05. The zero-order valence-electron chi connectivity index (χ0n) is 11.4. The third-order valence-electron chi connectivity index (χ3n) is 2.99. The molecule has 0 saturated heterocycles. The smallest absolute Gasteiger partial charge is 0.416 e. The fourth-order valence-electron chi connectivity index (χ4n) is 1.89. The monoisotopic (exact) mass is 298 g/mol. The van der Waals surface area contributed by atoms with Crippen molar-refractivity contribution in [3.05, 3.63) is 47.3 Å². The van der Waals surface area contributed by atoms with Crippen LogP contribution >= 0.6 is 0 Å². The van der Waals surface area contributed by atoms with Gasteiger partial charge in [-0.1, -0.05) is 6.92 Å². The van der Waals surface area contributed by atoms with E-state index in [9.17, 15) is 18.0 Å². The number of hydrogen-bond acceptors (Lipinski definition) is 3. The van der Waals surface area contributed by atoms with Crippen LogP contribution < -0.4 is 0 Å². The molecule has 0 aliphatic carbocycles. The number of alkyl halides is 3. The van der Waals surface area contributed by atoms with Crippen LogP contribution in [-0.4, -0.2) is 22.9 Å². The number of aryl methyl sites for hydroxylation is 1. The second kappa shape index (κ2) is 5.59. The molecule has 0 bridgehead atoms. The van der Waals surface area contributed by atoms with Gasteiger partial charge in [0.25, 0.3) is 0 Å². The minimum Gasteiger partial charge on any atom is -0.465 e. The molecule has 1 heterocycles. The molecule has 1 aromatic carbocycles. The Morgan fingerprint density at radius 2 is 1.90 bits per heavy atom. The minimum atomic E-state index is -4.38. The summed E-state index contributed by atoms with van der Waals surface area (Å²) in [5, 5.41) is 4.19. The van der Waals surface area contributed by atoms with E-state index in [-0.39, 0.29) is 0 Å². The highest BCUT2D eigenvalue weighted by Gasteiger charge is 2.30. The summed E-state index contributed by atoms with van der Waals surface area (Å²) in [4.78, 5) is 11.6. The molecule has 0 N–H and O–H groups in total. The normalized spacial score (nSPS) is 11.5. The maximum atomic E-state index is 12.5. The average molecular weight is 298 g/mol. The summed E-state index contributed by atoms with van der Waals surface area (Å²) in [6.07, 6.45) is -2.42. The number of carbonyl (C=O) groups excluding carboxylic acids is 1. The summed E-state index contributed by atoms with van der Waals surface area (Å²) in [5.41, 5.74) is 0.539. The Hall–Kier alpha value is -2.31. The quantitative estimate of drug-likeness (QED) is 0.817. The van der Waals surface area contributed by atoms with Crippen LogP contribution in [0.15, 0.2) is 30.5 Å². The Kier molecular flexibility index (Phi) is 4.02. The van der Waals surface area contributed by atoms with E-state index < -0.39 is 17.7 Å². The first kappa shape index (κ1) is 15.1. The standard InChI is InChI=1S/C14H13F3N2O2/c1-3-12-11(13(20)21-2)8-19(18-12)10-6-4-9(5-7-10)14(15,16)17/h4-8H,3H2,1-2H3. The number of rotatable bonds is 3. The van der Waals surface area contributed by atoms with Gasteiger partial charge in [-0.05, 0) is 30.7 Å². The van der Waals surface area contributed by atoms with Gasteiger partial charge in [0.2, 0.25) is 0 Å². The molecule has 2 aromatic rings. The highest BCUT2D eigenvalue weighted by molar-refractivity contribution is 5.90. The molecule has 0 atom stereocenters. The van der Waals surface area contributed by atoms with E-state index in [1.165, 1.54) is 30.1 Å². The van der Waals surface area contributed by atoms with Crippen molar-refractivity contribution in [1.29, 1.82) is 0 Å². The van der Waals surface area contributed by atoms with Gasteiger partial charge >= 0.3 is 12.1 Å². The Morgan fingerprint density at radius 3 is 2.38 bits per heavy atom. The molecule has 112 valence electrons. The number of nitrogens with zero attached hydrogens (tertiary/aromatic N) is 2. The lowest BCUT2D eigenvalue weighted by molar-refractivity contribution is -0.137. The molecule has 0 spiro atoms. The van der Waals surface area contributed by atoms with Gasteiger partial charge in [-0.25, -0.2) is 9.48 Å². The third kappa shape index (κ3) is 3.07. The Morgan fingerprint density at radius 1 is 1.29 bits per heavy atom. The number of aromatic nitrogens is 2. The van der Waals surface area contributed by atoms with E-state index in [1.54, 1.807) is 0 Å². The first-order valence-electron chi connectivity index (χ1n) is 6.21. The maximum Gasteiger partial charge on any atom is 0.416 e. The molecule has 0 aliphatic rings. The molecule has 0 saturated carbocycles. The molecule has 0 radical (unpaired) electrons. The summed E-state index contributed by atoms with van der Waals surface area (Å²) in [7, 11) is 1.26. The van der Waals surface area contributed by atoms with Crippen molar-refractivity contribution >= 4 is 5.97 Å². The number of halogens is 3. The van der Waals surface area contributed by atoms with Crippen molar-refractivity contribution in [3.63, 3.8) is 0 Å². The Bertz CT molecular complexity index is 645. The fraction of sp³-hybridized carbons (Fsp3) is 0.286. The first-order valence-corrected chi connectivity index (χ1v) is 6.21. The molecule has 0 unspecified atom stereocenters. The van der Waals surface area contributed by atoms with Crippen LogP contribution in [0, 0.1) is 0 Å². The van der Waals surface area contributed by atoms with Gasteiger partial charge in [-0.15, -0.1) is 0 Å². The van der Waals surface area contributed by atoms with E-state index in [1.807, 2.05) is 6.92 Å². The van der Waals surface area contributed by atoms with Crippen LogP contribution in [0.2, 0.25) is 0 Å². The minimum absolute atomic E-state index is 0.305. The van der Waals surface area contributed by atoms with Crippen LogP contribution in [0.3, 0.4) is 0 Å². The molecule has 0 amide bonds. The first-order chi connectivity index (χ1) is 9.86. The number of ether oxygens (including phenoxy) is 1. The van der Waals surface area contributed by atoms with Gasteiger partial charge < -0.3 is 4.74 Å². The summed E-state index contributed by atoms with van der Waals surface area (Å²) in [6, 6.07) is 4.55. The fourth-order valence-corrected chi connectivity index (χ4v) is 1.89. The van der Waals surface area contributed by atoms with Gasteiger partial charge in [-0.3, -0.25) is 0 Å². The topological polar surface area (TPSA) is 44.1 Å². The Balaban J connectivity index is 2.38. The molecule has 2 rings (SSSR count). The summed E-state index contributed by atoms with van der Waals surface area (Å²) in [6.45, 7) is 1.83. The maximum absolute atomic E-state index is 12.5. The van der Waals surface area contributed by atoms with Crippen LogP contribution in [0.1, 0.15) is 28.5 Å². The summed E-state index contributed by atoms with van der Waals surface area (Å²) < 4.78 is 43.6. The van der Waals surface area contributed by atoms with Crippen molar-refractivity contribution in [1.82, 2.24) is 9.78 Å². The lowest BCUT2D eigenvalue weighted by Gasteiger charge is -2.07. The largest absolute Gasteiger partial charge is 0.465 e. The zero-order chi connectivity index (χ0) is 15.6. The van der Waals surface area contributed by atoms with Crippen molar-refractivity contribution in [2.45, 2.75) is 19.5 Å². The predicted octanol–water partition coefficient (Wildman–Crippen LogP) is 3.24.